The number of nitrogen functional groups attached to an aromatic ring is 1. The van der Waals surface area contributed by atoms with Gasteiger partial charge < -0.3 is 21.5 Å². The first kappa shape index (κ1) is 16.4. The molecule has 25 heavy (non-hydrogen) atoms. The van der Waals surface area contributed by atoms with Gasteiger partial charge in [0.15, 0.2) is 5.69 Å². The first-order chi connectivity index (χ1) is 12.0. The standard InChI is InChI=1S/C14H16N8O3/c1-16-13(25)11-9(7-21(19-11)4-5-23)18-12(24)10-3-2-8-6-17-14(15)20-22(8)10/h2-3,6-7,23H,4-5H2,1H3,(H2,15,20)(H,16,25)(H,18,24). The molecule has 0 spiro atoms. The number of aromatic nitrogens is 5. The van der Waals surface area contributed by atoms with Gasteiger partial charge in [0.1, 0.15) is 5.69 Å². The maximum atomic E-state index is 12.6. The summed E-state index contributed by atoms with van der Waals surface area (Å²) in [6.07, 6.45) is 2.96. The monoisotopic (exact) mass is 344 g/mol. The molecule has 0 radical (unpaired) electrons. The largest absolute Gasteiger partial charge is 0.394 e. The van der Waals surface area contributed by atoms with Crippen LogP contribution in [-0.4, -0.2) is 55.0 Å². The summed E-state index contributed by atoms with van der Waals surface area (Å²) in [5.41, 5.74) is 6.64. The molecule has 0 aromatic carbocycles. The zero-order valence-electron chi connectivity index (χ0n) is 13.3. The van der Waals surface area contributed by atoms with Crippen LogP contribution in [0, 0.1) is 0 Å². The van der Waals surface area contributed by atoms with Crippen LogP contribution in [0.15, 0.2) is 24.5 Å². The molecular formula is C14H16N8O3. The normalized spacial score (nSPS) is 10.8. The molecular weight excluding hydrogens is 328 g/mol. The predicted molar refractivity (Wildman–Crippen MR) is 88.1 cm³/mol. The molecule has 0 aliphatic rings. The lowest BCUT2D eigenvalue weighted by atomic mass is 10.3. The Morgan fingerprint density at radius 3 is 2.80 bits per heavy atom. The van der Waals surface area contributed by atoms with E-state index in [-0.39, 0.29) is 36.2 Å². The number of nitrogens with zero attached hydrogens (tertiary/aromatic N) is 5. The van der Waals surface area contributed by atoms with Crippen molar-refractivity contribution in [1.29, 1.82) is 0 Å². The van der Waals surface area contributed by atoms with Gasteiger partial charge in [-0.3, -0.25) is 14.3 Å². The molecule has 130 valence electrons. The van der Waals surface area contributed by atoms with E-state index in [1.165, 1.54) is 28.6 Å². The number of aliphatic hydroxyl groups is 1. The van der Waals surface area contributed by atoms with E-state index in [1.54, 1.807) is 12.1 Å². The lowest BCUT2D eigenvalue weighted by molar-refractivity contribution is 0.0957. The molecule has 3 aromatic heterocycles. The van der Waals surface area contributed by atoms with E-state index in [2.05, 4.69) is 25.8 Å². The van der Waals surface area contributed by atoms with Crippen molar-refractivity contribution in [2.24, 2.45) is 0 Å². The van der Waals surface area contributed by atoms with Crippen LogP contribution < -0.4 is 16.4 Å². The topological polar surface area (TPSA) is 152 Å². The summed E-state index contributed by atoms with van der Waals surface area (Å²) in [4.78, 5) is 28.4. The summed E-state index contributed by atoms with van der Waals surface area (Å²) in [5, 5.41) is 22.2. The molecule has 11 nitrogen and oxygen atoms in total. The number of hydrogen-bond donors (Lipinski definition) is 4. The molecule has 0 aliphatic carbocycles. The van der Waals surface area contributed by atoms with Gasteiger partial charge in [0, 0.05) is 13.2 Å². The Morgan fingerprint density at radius 1 is 1.28 bits per heavy atom. The third-order valence-electron chi connectivity index (χ3n) is 3.43. The fraction of sp³-hybridized carbons (Fsp3) is 0.214. The number of anilines is 2. The van der Waals surface area contributed by atoms with Crippen LogP contribution in [-0.2, 0) is 6.54 Å². The van der Waals surface area contributed by atoms with Crippen LogP contribution in [0.3, 0.4) is 0 Å². The first-order valence-electron chi connectivity index (χ1n) is 7.35. The number of carbonyl (C=O) groups excluding carboxylic acids is 2. The number of rotatable bonds is 5. The molecule has 0 atom stereocenters. The van der Waals surface area contributed by atoms with E-state index >= 15 is 0 Å². The Bertz CT molecular complexity index is 945. The van der Waals surface area contributed by atoms with Gasteiger partial charge in [0.25, 0.3) is 11.8 Å². The van der Waals surface area contributed by atoms with Gasteiger partial charge in [-0.05, 0) is 12.1 Å². The average Bonchev–Trinajstić information content (AvgIpc) is 3.18. The van der Waals surface area contributed by atoms with Gasteiger partial charge >= 0.3 is 0 Å². The van der Waals surface area contributed by atoms with Crippen LogP contribution in [0.1, 0.15) is 21.0 Å². The maximum Gasteiger partial charge on any atom is 0.274 e. The van der Waals surface area contributed by atoms with E-state index in [1.807, 2.05) is 0 Å². The minimum atomic E-state index is -0.494. The molecule has 0 fully saturated rings. The van der Waals surface area contributed by atoms with Gasteiger partial charge in [-0.1, -0.05) is 0 Å². The van der Waals surface area contributed by atoms with Crippen LogP contribution >= 0.6 is 0 Å². The third-order valence-corrected chi connectivity index (χ3v) is 3.43. The number of hydrogen-bond acceptors (Lipinski definition) is 7. The number of nitrogens with two attached hydrogens (primary N) is 1. The molecule has 0 saturated carbocycles. The molecule has 3 aromatic rings. The van der Waals surface area contributed by atoms with Crippen LogP contribution in [0.2, 0.25) is 0 Å². The second kappa shape index (κ2) is 6.57. The highest BCUT2D eigenvalue weighted by Gasteiger charge is 2.20. The summed E-state index contributed by atoms with van der Waals surface area (Å²) in [6, 6.07) is 3.24. The fourth-order valence-corrected chi connectivity index (χ4v) is 2.29. The summed E-state index contributed by atoms with van der Waals surface area (Å²) in [7, 11) is 1.46. The van der Waals surface area contributed by atoms with Crippen molar-refractivity contribution in [2.75, 3.05) is 24.7 Å². The number of aliphatic hydroxyl groups excluding tert-OH is 1. The van der Waals surface area contributed by atoms with E-state index < -0.39 is 11.8 Å². The molecule has 3 heterocycles. The van der Waals surface area contributed by atoms with Gasteiger partial charge in [0.05, 0.1) is 30.6 Å². The molecule has 0 unspecified atom stereocenters. The van der Waals surface area contributed by atoms with Crippen molar-refractivity contribution in [1.82, 2.24) is 29.7 Å². The van der Waals surface area contributed by atoms with E-state index in [0.717, 1.165) is 0 Å². The summed E-state index contributed by atoms with van der Waals surface area (Å²) < 4.78 is 2.73. The van der Waals surface area contributed by atoms with Crippen molar-refractivity contribution in [3.63, 3.8) is 0 Å². The summed E-state index contributed by atoms with van der Waals surface area (Å²) in [5.74, 6) is -0.926. The first-order valence-corrected chi connectivity index (χ1v) is 7.35. The minimum Gasteiger partial charge on any atom is -0.394 e. The Hall–Kier alpha value is -3.47. The molecule has 0 aliphatic heterocycles. The van der Waals surface area contributed by atoms with Crippen molar-refractivity contribution in [3.05, 3.63) is 35.9 Å². The Morgan fingerprint density at radius 2 is 2.08 bits per heavy atom. The summed E-state index contributed by atoms with van der Waals surface area (Å²) in [6.45, 7) is 0.0411. The van der Waals surface area contributed by atoms with Crippen molar-refractivity contribution >= 4 is 29.0 Å². The van der Waals surface area contributed by atoms with E-state index in [4.69, 9.17) is 10.8 Å². The van der Waals surface area contributed by atoms with Gasteiger partial charge in [-0.25, -0.2) is 9.50 Å². The minimum absolute atomic E-state index is 0.0274. The zero-order valence-corrected chi connectivity index (χ0v) is 13.3. The maximum absolute atomic E-state index is 12.6. The molecule has 5 N–H and O–H groups in total. The highest BCUT2D eigenvalue weighted by molar-refractivity contribution is 6.07. The summed E-state index contributed by atoms with van der Waals surface area (Å²) >= 11 is 0. The molecule has 11 heteroatoms. The van der Waals surface area contributed by atoms with Gasteiger partial charge in [0.2, 0.25) is 5.95 Å². The SMILES string of the molecule is CNC(=O)c1nn(CCO)cc1NC(=O)c1ccc2cnc(N)nn12. The van der Waals surface area contributed by atoms with Crippen molar-refractivity contribution in [2.45, 2.75) is 6.54 Å². The Labute approximate surface area is 141 Å². The molecule has 0 bridgehead atoms. The van der Waals surface area contributed by atoms with E-state index in [0.29, 0.717) is 5.52 Å². The van der Waals surface area contributed by atoms with Crippen molar-refractivity contribution in [3.8, 4) is 0 Å². The fourth-order valence-electron chi connectivity index (χ4n) is 2.29. The second-order valence-electron chi connectivity index (χ2n) is 5.08. The quantitative estimate of drug-likeness (QED) is 0.468. The molecule has 0 saturated heterocycles. The Kier molecular flexibility index (Phi) is 4.31. The lowest BCUT2D eigenvalue weighted by Gasteiger charge is -2.05. The van der Waals surface area contributed by atoms with Gasteiger partial charge in [-0.2, -0.15) is 5.10 Å². The highest BCUT2D eigenvalue weighted by Crippen LogP contribution is 2.16. The zero-order chi connectivity index (χ0) is 18.0. The molecule has 3 rings (SSSR count). The van der Waals surface area contributed by atoms with Crippen LogP contribution in [0.5, 0.6) is 0 Å². The number of amides is 2. The number of fused-ring (bicyclic) bond motifs is 1. The van der Waals surface area contributed by atoms with Gasteiger partial charge in [-0.15, -0.1) is 5.10 Å². The third kappa shape index (κ3) is 3.12. The molecule has 2 amide bonds. The van der Waals surface area contributed by atoms with Crippen molar-refractivity contribution < 1.29 is 14.7 Å². The van der Waals surface area contributed by atoms with E-state index in [9.17, 15) is 9.59 Å². The highest BCUT2D eigenvalue weighted by atomic mass is 16.3. The smallest absolute Gasteiger partial charge is 0.274 e. The number of carbonyl (C=O) groups is 2. The predicted octanol–water partition coefficient (Wildman–Crippen LogP) is -0.888. The average molecular weight is 344 g/mol. The second-order valence-corrected chi connectivity index (χ2v) is 5.08. The number of nitrogens with one attached hydrogen (secondary N) is 2. The Balaban J connectivity index is 1.94. The lowest BCUT2D eigenvalue weighted by Crippen LogP contribution is -2.22. The van der Waals surface area contributed by atoms with Crippen LogP contribution in [0.4, 0.5) is 11.6 Å². The van der Waals surface area contributed by atoms with Crippen LogP contribution in [0.25, 0.3) is 5.52 Å².